The molecule has 1 aliphatic rings. The Morgan fingerprint density at radius 1 is 0.488 bits per heavy atom. The fourth-order valence-electron chi connectivity index (χ4n) is 4.75. The van der Waals surface area contributed by atoms with Gasteiger partial charge < -0.3 is 36.3 Å². The van der Waals surface area contributed by atoms with E-state index in [1.807, 2.05) is 121 Å². The van der Waals surface area contributed by atoms with E-state index in [1.165, 1.54) is 0 Å². The third-order valence-electron chi connectivity index (χ3n) is 6.84. The van der Waals surface area contributed by atoms with Gasteiger partial charge in [0.1, 0.15) is 18.3 Å². The summed E-state index contributed by atoms with van der Waals surface area (Å²) >= 11 is 5.85. The molecule has 1 aliphatic heterocycles. The summed E-state index contributed by atoms with van der Waals surface area (Å²) in [6.07, 6.45) is -1.86. The van der Waals surface area contributed by atoms with E-state index < -0.39 is 29.9 Å². The summed E-state index contributed by atoms with van der Waals surface area (Å²) in [6.45, 7) is 1.99. The van der Waals surface area contributed by atoms with E-state index in [4.69, 9.17) is 36.3 Å². The summed E-state index contributed by atoms with van der Waals surface area (Å²) in [6, 6.07) is 40.3. The summed E-state index contributed by atoms with van der Waals surface area (Å²) in [7, 11) is 0. The second-order valence-corrected chi connectivity index (χ2v) is 10.3. The Hall–Kier alpha value is -2.23. The van der Waals surface area contributed by atoms with E-state index in [0.29, 0.717) is 33.0 Å². The number of hydrogen-bond donors (Lipinski definition) is 0. The van der Waals surface area contributed by atoms with Crippen molar-refractivity contribution in [3.8, 4) is 0 Å². The molecule has 4 aromatic carbocycles. The van der Waals surface area contributed by atoms with Gasteiger partial charge in [-0.3, -0.25) is 0 Å². The van der Waals surface area contributed by atoms with Gasteiger partial charge in [-0.15, -0.1) is 0 Å². The van der Waals surface area contributed by atoms with Crippen molar-refractivity contribution in [2.45, 2.75) is 56.3 Å². The van der Waals surface area contributed by atoms with Crippen LogP contribution in [0.5, 0.6) is 0 Å². The molecule has 5 rings (SSSR count). The average Bonchev–Trinajstić information content (AvgIpc) is 3.01. The molecule has 5 nitrogen and oxygen atoms in total. The summed E-state index contributed by atoms with van der Waals surface area (Å²) in [5.41, 5.74) is 3.65. The molecular formula is C34H35AuO5S. The minimum atomic E-state index is -0.633. The van der Waals surface area contributed by atoms with E-state index in [1.54, 1.807) is 0 Å². The molecule has 7 heteroatoms. The molecule has 0 amide bonds. The number of benzene rings is 4. The molecule has 0 aromatic heterocycles. The molecule has 218 valence electrons. The largest absolute Gasteiger partial charge is 1.00 e. The Balaban J connectivity index is 0.00000387. The van der Waals surface area contributed by atoms with Gasteiger partial charge in [0.05, 0.1) is 39.1 Å². The molecule has 0 aliphatic carbocycles. The average molecular weight is 753 g/mol. The minimum absolute atomic E-state index is 0. The third-order valence-corrected chi connectivity index (χ3v) is 7.22. The van der Waals surface area contributed by atoms with Crippen molar-refractivity contribution in [3.63, 3.8) is 0 Å². The van der Waals surface area contributed by atoms with Crippen molar-refractivity contribution in [2.24, 2.45) is 0 Å². The van der Waals surface area contributed by atoms with Crippen LogP contribution in [0.2, 0.25) is 0 Å². The predicted molar refractivity (Wildman–Crippen MR) is 157 cm³/mol. The first kappa shape index (κ1) is 31.7. The summed E-state index contributed by atoms with van der Waals surface area (Å²) in [4.78, 5) is 0. The third kappa shape index (κ3) is 9.65. The van der Waals surface area contributed by atoms with Crippen LogP contribution in [0.15, 0.2) is 121 Å². The maximum atomic E-state index is 6.58. The molecular weight excluding hydrogens is 717 g/mol. The Kier molecular flexibility index (Phi) is 13.2. The van der Waals surface area contributed by atoms with Crippen LogP contribution in [0, 0.1) is 0 Å². The molecule has 0 radical (unpaired) electrons. The Morgan fingerprint density at radius 3 is 1.29 bits per heavy atom. The zero-order valence-electron chi connectivity index (χ0n) is 22.7. The van der Waals surface area contributed by atoms with Crippen molar-refractivity contribution < 1.29 is 46.1 Å². The van der Waals surface area contributed by atoms with Gasteiger partial charge in [0.25, 0.3) is 0 Å². The number of rotatable bonds is 13. The first-order valence-electron chi connectivity index (χ1n) is 13.7. The number of hydrogen-bond acceptors (Lipinski definition) is 6. The van der Waals surface area contributed by atoms with Gasteiger partial charge >= 0.3 is 22.4 Å². The van der Waals surface area contributed by atoms with Crippen molar-refractivity contribution in [3.05, 3.63) is 144 Å². The van der Waals surface area contributed by atoms with Gasteiger partial charge in [0, 0.05) is 0 Å². The first-order chi connectivity index (χ1) is 19.8. The zero-order chi connectivity index (χ0) is 27.4. The van der Waals surface area contributed by atoms with Gasteiger partial charge in [0.2, 0.25) is 0 Å². The molecule has 0 spiro atoms. The van der Waals surface area contributed by atoms with Crippen LogP contribution in [0.1, 0.15) is 22.3 Å². The van der Waals surface area contributed by atoms with Crippen LogP contribution in [-0.2, 0) is 85.1 Å². The Bertz CT molecular complexity index is 1250. The van der Waals surface area contributed by atoms with Crippen LogP contribution >= 0.6 is 0 Å². The molecule has 5 atom stereocenters. The molecule has 0 saturated carbocycles. The Labute approximate surface area is 264 Å². The SMILES string of the molecule is [Au+].[S-]C1OC(COCc2ccccc2)C(OCc2ccccc2)C(OCc2ccccc2)C1OCc1ccccc1. The second kappa shape index (κ2) is 17.0. The smallest absolute Gasteiger partial charge is 0.759 e. The fourth-order valence-corrected chi connectivity index (χ4v) is 5.12. The quantitative estimate of drug-likeness (QED) is 0.119. The minimum Gasteiger partial charge on any atom is -0.759 e. The van der Waals surface area contributed by atoms with Crippen molar-refractivity contribution in [1.29, 1.82) is 0 Å². The van der Waals surface area contributed by atoms with Gasteiger partial charge in [0.15, 0.2) is 0 Å². The summed E-state index contributed by atoms with van der Waals surface area (Å²) < 4.78 is 32.0. The van der Waals surface area contributed by atoms with Gasteiger partial charge in [-0.2, -0.15) is 0 Å². The Morgan fingerprint density at radius 2 is 0.854 bits per heavy atom. The first-order valence-corrected chi connectivity index (χ1v) is 14.1. The van der Waals surface area contributed by atoms with Crippen LogP contribution in [-0.4, -0.2) is 36.5 Å². The molecule has 0 N–H and O–H groups in total. The van der Waals surface area contributed by atoms with E-state index in [0.717, 1.165) is 22.3 Å². The molecule has 1 saturated heterocycles. The molecule has 1 heterocycles. The molecule has 1 fully saturated rings. The zero-order valence-corrected chi connectivity index (χ0v) is 25.7. The maximum absolute atomic E-state index is 6.58. The summed E-state index contributed by atoms with van der Waals surface area (Å²) in [5.74, 6) is 0. The molecule has 4 aromatic rings. The van der Waals surface area contributed by atoms with Gasteiger partial charge in [-0.05, 0) is 27.7 Å². The predicted octanol–water partition coefficient (Wildman–Crippen LogP) is 6.23. The molecule has 41 heavy (non-hydrogen) atoms. The van der Waals surface area contributed by atoms with Gasteiger partial charge in [-0.1, -0.05) is 121 Å². The van der Waals surface area contributed by atoms with Crippen molar-refractivity contribution in [1.82, 2.24) is 0 Å². The van der Waals surface area contributed by atoms with Crippen LogP contribution in [0.4, 0.5) is 0 Å². The van der Waals surface area contributed by atoms with E-state index >= 15 is 0 Å². The summed E-state index contributed by atoms with van der Waals surface area (Å²) in [5, 5.41) is 0. The van der Waals surface area contributed by atoms with Crippen LogP contribution in [0.3, 0.4) is 0 Å². The van der Waals surface area contributed by atoms with Crippen molar-refractivity contribution >= 4 is 12.6 Å². The van der Waals surface area contributed by atoms with E-state index in [-0.39, 0.29) is 22.4 Å². The monoisotopic (exact) mass is 752 g/mol. The van der Waals surface area contributed by atoms with Gasteiger partial charge in [-0.25, -0.2) is 0 Å². The number of ether oxygens (including phenoxy) is 5. The van der Waals surface area contributed by atoms with Crippen molar-refractivity contribution in [2.75, 3.05) is 6.61 Å². The molecule has 0 bridgehead atoms. The topological polar surface area (TPSA) is 46.2 Å². The fraction of sp³-hybridized carbons (Fsp3) is 0.294. The normalized spacial score (nSPS) is 22.1. The van der Waals surface area contributed by atoms with Crippen LogP contribution in [0.25, 0.3) is 0 Å². The van der Waals surface area contributed by atoms with E-state index in [9.17, 15) is 0 Å². The molecule has 5 unspecified atom stereocenters. The second-order valence-electron chi connectivity index (χ2n) is 9.83. The maximum Gasteiger partial charge on any atom is 1.00 e. The van der Waals surface area contributed by atoms with E-state index in [2.05, 4.69) is 0 Å². The standard InChI is InChI=1S/C34H36O5S.Au/c40-34-33(38-24-29-19-11-4-12-20-29)32(37-23-28-17-9-3-10-18-28)31(36-22-27-15-7-2-8-16-27)30(39-34)25-35-21-26-13-5-1-6-14-26;/h1-20,30-34,40H,21-25H2;/q;+1/p-1. The van der Waals surface area contributed by atoms with Crippen LogP contribution < -0.4 is 0 Å².